The number of aliphatic hydroxyl groups excluding tert-OH is 3. The van der Waals surface area contributed by atoms with E-state index in [0.29, 0.717) is 6.54 Å². The van der Waals surface area contributed by atoms with Crippen LogP contribution in [0.1, 0.15) is 18.4 Å². The molecule has 0 amide bonds. The Bertz CT molecular complexity index is 428. The first-order chi connectivity index (χ1) is 11.2. The molecule has 1 aliphatic rings. The quantitative estimate of drug-likeness (QED) is 0.505. The monoisotopic (exact) mass is 325 g/mol. The predicted molar refractivity (Wildman–Crippen MR) is 85.9 cm³/mol. The van der Waals surface area contributed by atoms with Crippen LogP contribution in [0.5, 0.6) is 0 Å². The topological polar surface area (TPSA) is 91.2 Å². The maximum atomic E-state index is 10.2. The molecule has 6 heteroatoms. The highest BCUT2D eigenvalue weighted by Crippen LogP contribution is 2.21. The van der Waals surface area contributed by atoms with Crippen molar-refractivity contribution in [2.75, 3.05) is 20.3 Å². The lowest BCUT2D eigenvalue weighted by Gasteiger charge is -2.42. The van der Waals surface area contributed by atoms with E-state index in [1.165, 1.54) is 12.7 Å². The summed E-state index contributed by atoms with van der Waals surface area (Å²) in [6.07, 6.45) is -0.622. The van der Waals surface area contributed by atoms with E-state index in [0.717, 1.165) is 19.3 Å². The van der Waals surface area contributed by atoms with Gasteiger partial charge in [-0.1, -0.05) is 30.3 Å². The average molecular weight is 325 g/mol. The third-order valence-electron chi connectivity index (χ3n) is 4.23. The van der Waals surface area contributed by atoms with Crippen LogP contribution in [0, 0.1) is 0 Å². The SMILES string of the molecule is CO[C@H]1O[C@H](CO)[C@@H](O)[C@@H](NCCCCc2ccccc2)[C@@H]1O. The van der Waals surface area contributed by atoms with Gasteiger partial charge < -0.3 is 30.1 Å². The first-order valence-corrected chi connectivity index (χ1v) is 8.10. The average Bonchev–Trinajstić information content (AvgIpc) is 2.58. The molecule has 0 aliphatic carbocycles. The molecule has 1 heterocycles. The number of hydrogen-bond donors (Lipinski definition) is 4. The number of aryl methyl sites for hydroxylation is 1. The van der Waals surface area contributed by atoms with E-state index in [1.54, 1.807) is 0 Å². The molecule has 6 nitrogen and oxygen atoms in total. The number of hydrogen-bond acceptors (Lipinski definition) is 6. The van der Waals surface area contributed by atoms with Crippen molar-refractivity contribution >= 4 is 0 Å². The van der Waals surface area contributed by atoms with Gasteiger partial charge in [0.15, 0.2) is 6.29 Å². The molecule has 0 saturated carbocycles. The Balaban J connectivity index is 1.76. The molecule has 0 spiro atoms. The third kappa shape index (κ3) is 4.97. The largest absolute Gasteiger partial charge is 0.394 e. The minimum absolute atomic E-state index is 0.320. The normalized spacial score (nSPS) is 31.2. The van der Waals surface area contributed by atoms with E-state index < -0.39 is 30.6 Å². The van der Waals surface area contributed by atoms with Gasteiger partial charge in [0.05, 0.1) is 12.6 Å². The second kappa shape index (κ2) is 9.32. The first-order valence-electron chi connectivity index (χ1n) is 8.10. The lowest BCUT2D eigenvalue weighted by molar-refractivity contribution is -0.271. The summed E-state index contributed by atoms with van der Waals surface area (Å²) in [5, 5.41) is 32.8. The summed E-state index contributed by atoms with van der Waals surface area (Å²) in [6, 6.07) is 9.69. The fourth-order valence-corrected chi connectivity index (χ4v) is 2.89. The van der Waals surface area contributed by atoms with Crippen molar-refractivity contribution in [1.82, 2.24) is 5.32 Å². The molecule has 1 saturated heterocycles. The highest BCUT2D eigenvalue weighted by atomic mass is 16.7. The number of rotatable bonds is 8. The number of unbranched alkanes of at least 4 members (excludes halogenated alkanes) is 1. The molecule has 1 aliphatic heterocycles. The van der Waals surface area contributed by atoms with Gasteiger partial charge in [-0.2, -0.15) is 0 Å². The van der Waals surface area contributed by atoms with E-state index in [1.807, 2.05) is 18.2 Å². The van der Waals surface area contributed by atoms with E-state index in [9.17, 15) is 15.3 Å². The second-order valence-corrected chi connectivity index (χ2v) is 5.86. The van der Waals surface area contributed by atoms with Crippen molar-refractivity contribution in [3.8, 4) is 0 Å². The Kier molecular flexibility index (Phi) is 7.42. The second-order valence-electron chi connectivity index (χ2n) is 5.86. The number of nitrogens with one attached hydrogen (secondary N) is 1. The van der Waals surface area contributed by atoms with Crippen LogP contribution >= 0.6 is 0 Å². The molecule has 2 rings (SSSR count). The van der Waals surface area contributed by atoms with E-state index in [2.05, 4.69) is 17.4 Å². The summed E-state index contributed by atoms with van der Waals surface area (Å²) in [4.78, 5) is 0. The summed E-state index contributed by atoms with van der Waals surface area (Å²) < 4.78 is 10.4. The Hall–Kier alpha value is -1.02. The van der Waals surface area contributed by atoms with Gasteiger partial charge in [0.2, 0.25) is 0 Å². The molecule has 0 radical (unpaired) electrons. The van der Waals surface area contributed by atoms with Gasteiger partial charge in [0.1, 0.15) is 18.3 Å². The van der Waals surface area contributed by atoms with Crippen LogP contribution in [0.15, 0.2) is 30.3 Å². The van der Waals surface area contributed by atoms with Gasteiger partial charge in [-0.15, -0.1) is 0 Å². The van der Waals surface area contributed by atoms with Crippen LogP contribution < -0.4 is 5.32 Å². The Labute approximate surface area is 137 Å². The van der Waals surface area contributed by atoms with Crippen LogP contribution in [0.4, 0.5) is 0 Å². The van der Waals surface area contributed by atoms with Crippen LogP contribution in [0.3, 0.4) is 0 Å². The molecular weight excluding hydrogens is 298 g/mol. The van der Waals surface area contributed by atoms with Gasteiger partial charge in [-0.25, -0.2) is 0 Å². The van der Waals surface area contributed by atoms with Crippen molar-refractivity contribution < 1.29 is 24.8 Å². The van der Waals surface area contributed by atoms with Gasteiger partial charge >= 0.3 is 0 Å². The maximum Gasteiger partial charge on any atom is 0.185 e. The molecule has 0 aromatic heterocycles. The molecule has 0 bridgehead atoms. The molecule has 1 fully saturated rings. The lowest BCUT2D eigenvalue weighted by atomic mass is 9.96. The molecule has 23 heavy (non-hydrogen) atoms. The van der Waals surface area contributed by atoms with Crippen LogP contribution in [0.2, 0.25) is 0 Å². The number of ether oxygens (including phenoxy) is 2. The van der Waals surface area contributed by atoms with Crippen molar-refractivity contribution in [1.29, 1.82) is 0 Å². The fraction of sp³-hybridized carbons (Fsp3) is 0.647. The maximum absolute atomic E-state index is 10.2. The highest BCUT2D eigenvalue weighted by Gasteiger charge is 2.44. The molecular formula is C17H27NO5. The summed E-state index contributed by atoms with van der Waals surface area (Å²) in [5.74, 6) is 0. The van der Waals surface area contributed by atoms with Crippen molar-refractivity contribution in [2.45, 2.75) is 49.9 Å². The number of aliphatic hydroxyl groups is 3. The zero-order valence-corrected chi connectivity index (χ0v) is 13.5. The molecule has 0 unspecified atom stereocenters. The van der Waals surface area contributed by atoms with Crippen molar-refractivity contribution in [3.63, 3.8) is 0 Å². The highest BCUT2D eigenvalue weighted by molar-refractivity contribution is 5.14. The molecule has 4 N–H and O–H groups in total. The first kappa shape index (κ1) is 18.3. The smallest absolute Gasteiger partial charge is 0.185 e. The third-order valence-corrected chi connectivity index (χ3v) is 4.23. The predicted octanol–water partition coefficient (Wildman–Crippen LogP) is 0.0529. The minimum Gasteiger partial charge on any atom is -0.394 e. The van der Waals surface area contributed by atoms with Crippen molar-refractivity contribution in [3.05, 3.63) is 35.9 Å². The van der Waals surface area contributed by atoms with E-state index in [4.69, 9.17) is 9.47 Å². The van der Waals surface area contributed by atoms with Crippen LogP contribution in [0.25, 0.3) is 0 Å². The standard InChI is InChI=1S/C17H27NO5/c1-22-17-16(21)14(15(20)13(11-19)23-17)18-10-6-5-9-12-7-3-2-4-8-12/h2-4,7-8,13-21H,5-6,9-11H2,1H3/t13-,14-,15-,16+,17+/m1/s1. The van der Waals surface area contributed by atoms with Gasteiger partial charge in [-0.05, 0) is 31.4 Å². The van der Waals surface area contributed by atoms with Crippen LogP contribution in [-0.4, -0.2) is 66.2 Å². The molecule has 130 valence electrons. The Morgan fingerprint density at radius 2 is 1.87 bits per heavy atom. The molecule has 1 aromatic rings. The molecule has 5 atom stereocenters. The lowest BCUT2D eigenvalue weighted by Crippen LogP contribution is -2.64. The van der Waals surface area contributed by atoms with Gasteiger partial charge in [0.25, 0.3) is 0 Å². The van der Waals surface area contributed by atoms with Crippen LogP contribution in [-0.2, 0) is 15.9 Å². The Morgan fingerprint density at radius 3 is 2.52 bits per heavy atom. The summed E-state index contributed by atoms with van der Waals surface area (Å²) >= 11 is 0. The molecule has 1 aromatic carbocycles. The number of methoxy groups -OCH3 is 1. The van der Waals surface area contributed by atoms with E-state index in [-0.39, 0.29) is 6.61 Å². The minimum atomic E-state index is -0.980. The van der Waals surface area contributed by atoms with Gasteiger partial charge in [0, 0.05) is 7.11 Å². The fourth-order valence-electron chi connectivity index (χ4n) is 2.89. The number of benzene rings is 1. The summed E-state index contributed by atoms with van der Waals surface area (Å²) in [6.45, 7) is 0.347. The zero-order valence-electron chi connectivity index (χ0n) is 13.5. The van der Waals surface area contributed by atoms with Crippen molar-refractivity contribution in [2.24, 2.45) is 0 Å². The van der Waals surface area contributed by atoms with E-state index >= 15 is 0 Å². The Morgan fingerprint density at radius 1 is 1.13 bits per heavy atom. The summed E-state index contributed by atoms with van der Waals surface area (Å²) in [7, 11) is 1.43. The zero-order chi connectivity index (χ0) is 16.7. The van der Waals surface area contributed by atoms with Gasteiger partial charge in [-0.3, -0.25) is 0 Å². The summed E-state index contributed by atoms with van der Waals surface area (Å²) in [5.41, 5.74) is 1.30.